The molecule has 2 aliphatic carbocycles. The summed E-state index contributed by atoms with van der Waals surface area (Å²) in [5, 5.41) is 0.625. The summed E-state index contributed by atoms with van der Waals surface area (Å²) >= 11 is 6.45. The van der Waals surface area contributed by atoms with Crippen molar-refractivity contribution in [1.29, 1.82) is 0 Å². The highest BCUT2D eigenvalue weighted by molar-refractivity contribution is 7.90. The molecular weight excluding hydrogens is 698 g/mol. The van der Waals surface area contributed by atoms with E-state index < -0.39 is 38.5 Å². The van der Waals surface area contributed by atoms with Gasteiger partial charge in [-0.25, -0.2) is 17.9 Å². The summed E-state index contributed by atoms with van der Waals surface area (Å²) in [5.41, 5.74) is -1.74. The van der Waals surface area contributed by atoms with Crippen LogP contribution in [0.2, 0.25) is 0 Å². The number of anilines is 1. The van der Waals surface area contributed by atoms with Crippen LogP contribution in [0.25, 0.3) is 0 Å². The van der Waals surface area contributed by atoms with Crippen molar-refractivity contribution in [2.75, 3.05) is 58.0 Å². The first-order chi connectivity index (χ1) is 24.2. The average molecular weight is 746 g/mol. The first kappa shape index (κ1) is 36.3. The van der Waals surface area contributed by atoms with Crippen molar-refractivity contribution in [1.82, 2.24) is 9.62 Å². The Bertz CT molecular complexity index is 1750. The lowest BCUT2D eigenvalue weighted by molar-refractivity contribution is -0.139. The van der Waals surface area contributed by atoms with Crippen LogP contribution < -0.4 is 14.4 Å². The zero-order chi connectivity index (χ0) is 36.2. The van der Waals surface area contributed by atoms with Crippen LogP contribution in [-0.4, -0.2) is 102 Å². The van der Waals surface area contributed by atoms with Gasteiger partial charge < -0.3 is 33.5 Å². The molecule has 1 saturated carbocycles. The maximum Gasteiger partial charge on any atom is 0.410 e. The van der Waals surface area contributed by atoms with Crippen molar-refractivity contribution >= 4 is 39.3 Å². The molecule has 278 valence electrons. The van der Waals surface area contributed by atoms with E-state index in [-0.39, 0.29) is 41.6 Å². The first-order valence-corrected chi connectivity index (χ1v) is 19.7. The summed E-state index contributed by atoms with van der Waals surface area (Å²) in [6.45, 7) is 8.28. The lowest BCUT2D eigenvalue weighted by atomic mass is 9.57. The number of halogens is 1. The van der Waals surface area contributed by atoms with Crippen molar-refractivity contribution in [2.45, 2.75) is 75.3 Å². The van der Waals surface area contributed by atoms with Crippen LogP contribution in [0.5, 0.6) is 5.75 Å². The van der Waals surface area contributed by atoms with Gasteiger partial charge in [-0.1, -0.05) is 30.7 Å². The predicted molar refractivity (Wildman–Crippen MR) is 190 cm³/mol. The predicted octanol–water partition coefficient (Wildman–Crippen LogP) is 4.78. The van der Waals surface area contributed by atoms with E-state index in [1.807, 2.05) is 18.2 Å². The van der Waals surface area contributed by atoms with Gasteiger partial charge in [0.15, 0.2) is 0 Å². The molecular formula is C37H48ClN3O9S. The molecule has 7 rings (SSSR count). The van der Waals surface area contributed by atoms with Crippen molar-refractivity contribution in [3.05, 3.63) is 53.6 Å². The summed E-state index contributed by atoms with van der Waals surface area (Å²) < 4.78 is 60.1. The van der Waals surface area contributed by atoms with Gasteiger partial charge in [-0.15, -0.1) is 0 Å². The van der Waals surface area contributed by atoms with E-state index in [1.54, 1.807) is 30.2 Å². The molecule has 51 heavy (non-hydrogen) atoms. The number of sulfonamides is 1. The molecule has 3 fully saturated rings. The Morgan fingerprint density at radius 2 is 1.96 bits per heavy atom. The standard InChI is InChI=1S/C37H48ClN3O9S/c1-35(2)33(42)39-51(44,45)27-8-10-31-29(19-27)41(22-37(23-48-31)14-17-47-32-18-25(38)11-13-36(32,37)3)20-24-7-9-28(24)30(6-5-16-49-35)50-34(43)40-15-12-26(21-40)46-4/h5-6,8,10-11,13,18-19,24,26,28,30,32H,7,9,12,14-17,20-23H2,1-4H3,(H,39,42)/t24-,26+,28+,30-,32?,36?,37-/m0/s1. The highest BCUT2D eigenvalue weighted by atomic mass is 35.5. The molecule has 1 spiro atoms. The molecule has 2 unspecified atom stereocenters. The van der Waals surface area contributed by atoms with Gasteiger partial charge >= 0.3 is 6.09 Å². The maximum atomic E-state index is 13.7. The number of carbonyl (C=O) groups excluding carboxylic acids is 2. The fourth-order valence-corrected chi connectivity index (χ4v) is 9.66. The van der Waals surface area contributed by atoms with Gasteiger partial charge in [-0.3, -0.25) is 4.79 Å². The molecule has 12 nitrogen and oxygen atoms in total. The lowest BCUT2D eigenvalue weighted by Crippen LogP contribution is -2.59. The van der Waals surface area contributed by atoms with Crippen molar-refractivity contribution in [3.8, 4) is 5.75 Å². The molecule has 7 atom stereocenters. The zero-order valence-electron chi connectivity index (χ0n) is 29.6. The minimum atomic E-state index is -4.26. The van der Waals surface area contributed by atoms with Crippen LogP contribution >= 0.6 is 11.6 Å². The number of rotatable bonds is 2. The van der Waals surface area contributed by atoms with E-state index in [0.717, 1.165) is 19.3 Å². The van der Waals surface area contributed by atoms with Crippen LogP contribution in [0.1, 0.15) is 46.5 Å². The second kappa shape index (κ2) is 13.7. The highest BCUT2D eigenvalue weighted by Crippen LogP contribution is 2.55. The molecule has 14 heteroatoms. The minimum Gasteiger partial charge on any atom is -0.491 e. The summed E-state index contributed by atoms with van der Waals surface area (Å²) in [4.78, 5) is 30.6. The number of carbonyl (C=O) groups is 2. The second-order valence-corrected chi connectivity index (χ2v) is 17.5. The molecule has 2 bridgehead atoms. The van der Waals surface area contributed by atoms with E-state index in [1.165, 1.54) is 19.9 Å². The Balaban J connectivity index is 1.27. The number of methoxy groups -OCH3 is 1. The largest absolute Gasteiger partial charge is 0.491 e. The Labute approximate surface area is 305 Å². The van der Waals surface area contributed by atoms with E-state index in [4.69, 9.17) is 35.3 Å². The number of likely N-dealkylation sites (tertiary alicyclic amines) is 1. The molecule has 1 aromatic rings. The Morgan fingerprint density at radius 3 is 2.71 bits per heavy atom. The topological polar surface area (TPSA) is 133 Å². The van der Waals surface area contributed by atoms with Crippen LogP contribution in [0, 0.1) is 22.7 Å². The number of benzene rings is 1. The number of fused-ring (bicyclic) bond motifs is 4. The third kappa shape index (κ3) is 6.80. The summed E-state index contributed by atoms with van der Waals surface area (Å²) in [5.74, 6) is -0.126. The fourth-order valence-electron chi connectivity index (χ4n) is 8.36. The molecule has 4 heterocycles. The number of ether oxygens (including phenoxy) is 5. The first-order valence-electron chi connectivity index (χ1n) is 17.8. The Morgan fingerprint density at radius 1 is 1.14 bits per heavy atom. The lowest BCUT2D eigenvalue weighted by Gasteiger charge is -2.55. The number of hydrogen-bond acceptors (Lipinski definition) is 10. The number of nitrogens with zero attached hydrogens (tertiary/aromatic N) is 2. The summed E-state index contributed by atoms with van der Waals surface area (Å²) in [6.07, 6.45) is 11.6. The van der Waals surface area contributed by atoms with Crippen molar-refractivity contribution in [2.24, 2.45) is 22.7 Å². The molecule has 6 aliphatic rings. The molecule has 1 N–H and O–H groups in total. The van der Waals surface area contributed by atoms with Gasteiger partial charge in [0.1, 0.15) is 17.5 Å². The smallest absolute Gasteiger partial charge is 0.410 e. The van der Waals surface area contributed by atoms with Crippen molar-refractivity contribution < 1.29 is 41.7 Å². The third-order valence-electron chi connectivity index (χ3n) is 12.1. The molecule has 2 amide bonds. The average Bonchev–Trinajstić information content (AvgIpc) is 3.51. The van der Waals surface area contributed by atoms with Gasteiger partial charge in [0.2, 0.25) is 0 Å². The number of allylic oxidation sites excluding steroid dienone is 2. The monoisotopic (exact) mass is 745 g/mol. The quantitative estimate of drug-likeness (QED) is 0.422. The highest BCUT2D eigenvalue weighted by Gasteiger charge is 2.57. The van der Waals surface area contributed by atoms with E-state index in [2.05, 4.69) is 22.6 Å². The summed E-state index contributed by atoms with van der Waals surface area (Å²) in [7, 11) is -2.62. The molecule has 0 aromatic heterocycles. The minimum absolute atomic E-state index is 0.0000622. The SMILES string of the molecule is CO[C@@H]1CCN(C(=O)O[C@H]2C=CCOC(C)(C)C(=O)NS(=O)(=O)c3ccc4c(c3)N(C[C@@H]3CC[C@H]32)C[C@@]2(CCOC3C=C(Cl)C=CC32C)CO4)C1. The fraction of sp³-hybridized carbons (Fsp3) is 0.622. The molecule has 1 aromatic carbocycles. The molecule has 4 aliphatic heterocycles. The number of nitrogens with one attached hydrogen (secondary N) is 1. The van der Waals surface area contributed by atoms with E-state index in [0.29, 0.717) is 62.3 Å². The van der Waals surface area contributed by atoms with Gasteiger partial charge in [-0.2, -0.15) is 0 Å². The van der Waals surface area contributed by atoms with Gasteiger partial charge in [0.05, 0.1) is 42.5 Å². The van der Waals surface area contributed by atoms with Gasteiger partial charge in [-0.05, 0) is 81.9 Å². The van der Waals surface area contributed by atoms with Crippen LogP contribution in [0.3, 0.4) is 0 Å². The summed E-state index contributed by atoms with van der Waals surface area (Å²) in [6, 6.07) is 4.74. The van der Waals surface area contributed by atoms with E-state index >= 15 is 0 Å². The molecule has 2 saturated heterocycles. The van der Waals surface area contributed by atoms with Crippen LogP contribution in [0.15, 0.2) is 58.5 Å². The normalized spacial score (nSPS) is 35.7. The number of hydrogen-bond donors (Lipinski definition) is 1. The van der Waals surface area contributed by atoms with Gasteiger partial charge in [0, 0.05) is 55.1 Å². The van der Waals surface area contributed by atoms with E-state index in [9.17, 15) is 18.0 Å². The molecule has 0 radical (unpaired) electrons. The number of amides is 2. The Kier molecular flexibility index (Phi) is 9.75. The Hall–Kier alpha value is -3.10. The van der Waals surface area contributed by atoms with Gasteiger partial charge in [0.25, 0.3) is 15.9 Å². The van der Waals surface area contributed by atoms with Crippen molar-refractivity contribution in [3.63, 3.8) is 0 Å². The maximum absolute atomic E-state index is 13.7. The van der Waals surface area contributed by atoms with Crippen LogP contribution in [0.4, 0.5) is 10.5 Å². The second-order valence-electron chi connectivity index (χ2n) is 15.4. The third-order valence-corrected chi connectivity index (χ3v) is 13.6. The van der Waals surface area contributed by atoms with Crippen LogP contribution in [-0.2, 0) is 33.8 Å². The zero-order valence-corrected chi connectivity index (χ0v) is 31.2.